The van der Waals surface area contributed by atoms with Crippen molar-refractivity contribution in [3.05, 3.63) is 46.4 Å². The van der Waals surface area contributed by atoms with Crippen LogP contribution in [0.4, 0.5) is 0 Å². The maximum atomic E-state index is 11.9. The molecule has 0 fully saturated rings. The highest BCUT2D eigenvalue weighted by molar-refractivity contribution is 6.02. The van der Waals surface area contributed by atoms with E-state index in [2.05, 4.69) is 6.58 Å². The maximum Gasteiger partial charge on any atom is 0.340 e. The van der Waals surface area contributed by atoms with E-state index < -0.39 is 17.5 Å². The quantitative estimate of drug-likeness (QED) is 0.581. The van der Waals surface area contributed by atoms with E-state index in [4.69, 9.17) is 9.47 Å². The van der Waals surface area contributed by atoms with Gasteiger partial charge in [-0.15, -0.1) is 6.58 Å². The molecule has 0 spiro atoms. The first-order valence-electron chi connectivity index (χ1n) is 6.24. The first-order chi connectivity index (χ1) is 9.54. The number of esters is 2. The Morgan fingerprint density at radius 3 is 2.25 bits per heavy atom. The SMILES string of the molecule is C=CCn1cc(C(=O)OCC)c(C(=O)OCC)cc1=O. The van der Waals surface area contributed by atoms with E-state index in [0.29, 0.717) is 0 Å². The third-order valence-electron chi connectivity index (χ3n) is 2.44. The zero-order valence-electron chi connectivity index (χ0n) is 11.5. The van der Waals surface area contributed by atoms with Crippen molar-refractivity contribution < 1.29 is 19.1 Å². The molecule has 1 aromatic rings. The third-order valence-corrected chi connectivity index (χ3v) is 2.44. The minimum absolute atomic E-state index is 0.00625. The van der Waals surface area contributed by atoms with Crippen LogP contribution in [0.2, 0.25) is 0 Å². The zero-order chi connectivity index (χ0) is 15.1. The molecule has 0 aliphatic heterocycles. The van der Waals surface area contributed by atoms with Crippen molar-refractivity contribution in [1.29, 1.82) is 0 Å². The summed E-state index contributed by atoms with van der Waals surface area (Å²) in [5.41, 5.74) is -0.497. The molecule has 0 aliphatic rings. The predicted molar refractivity (Wildman–Crippen MR) is 72.8 cm³/mol. The van der Waals surface area contributed by atoms with Crippen LogP contribution in [-0.2, 0) is 16.0 Å². The molecule has 0 saturated carbocycles. The molecule has 6 heteroatoms. The van der Waals surface area contributed by atoms with Gasteiger partial charge in [-0.1, -0.05) is 6.08 Å². The number of hydrogen-bond acceptors (Lipinski definition) is 5. The molecule has 1 aromatic heterocycles. The van der Waals surface area contributed by atoms with Gasteiger partial charge < -0.3 is 14.0 Å². The van der Waals surface area contributed by atoms with Gasteiger partial charge in [-0.2, -0.15) is 0 Å². The lowest BCUT2D eigenvalue weighted by Crippen LogP contribution is -2.25. The van der Waals surface area contributed by atoms with Crippen molar-refractivity contribution in [3.8, 4) is 0 Å². The van der Waals surface area contributed by atoms with Crippen molar-refractivity contribution >= 4 is 11.9 Å². The number of nitrogens with zero attached hydrogens (tertiary/aromatic N) is 1. The summed E-state index contributed by atoms with van der Waals surface area (Å²) < 4.78 is 11.0. The van der Waals surface area contributed by atoms with Crippen LogP contribution in [0, 0.1) is 0 Å². The largest absolute Gasteiger partial charge is 0.462 e. The van der Waals surface area contributed by atoms with E-state index in [0.717, 1.165) is 6.07 Å². The van der Waals surface area contributed by atoms with Crippen molar-refractivity contribution in [2.45, 2.75) is 20.4 Å². The summed E-state index contributed by atoms with van der Waals surface area (Å²) in [6.07, 6.45) is 2.80. The van der Waals surface area contributed by atoms with E-state index in [1.165, 1.54) is 16.8 Å². The molecule has 0 radical (unpaired) electrons. The summed E-state index contributed by atoms with van der Waals surface area (Å²) in [6, 6.07) is 1.08. The number of ether oxygens (including phenoxy) is 2. The normalized spacial score (nSPS) is 9.90. The number of hydrogen-bond donors (Lipinski definition) is 0. The Kier molecular flexibility index (Phi) is 5.71. The summed E-state index contributed by atoms with van der Waals surface area (Å²) in [6.45, 7) is 7.37. The highest BCUT2D eigenvalue weighted by Gasteiger charge is 2.21. The number of pyridine rings is 1. The average molecular weight is 279 g/mol. The van der Waals surface area contributed by atoms with E-state index in [1.54, 1.807) is 13.8 Å². The second kappa shape index (κ2) is 7.28. The van der Waals surface area contributed by atoms with Crippen LogP contribution >= 0.6 is 0 Å². The molecule has 108 valence electrons. The van der Waals surface area contributed by atoms with E-state index in [9.17, 15) is 14.4 Å². The molecular formula is C14H17NO5. The highest BCUT2D eigenvalue weighted by atomic mass is 16.5. The summed E-state index contributed by atoms with van der Waals surface area (Å²) in [5.74, 6) is -1.40. The number of carbonyl (C=O) groups is 2. The van der Waals surface area contributed by atoms with Gasteiger partial charge in [-0.3, -0.25) is 4.79 Å². The number of allylic oxidation sites excluding steroid dienone is 1. The van der Waals surface area contributed by atoms with E-state index in [-0.39, 0.29) is 30.9 Å². The molecule has 0 bridgehead atoms. The summed E-state index contributed by atoms with van der Waals surface area (Å²) in [7, 11) is 0. The Balaban J connectivity index is 3.36. The van der Waals surface area contributed by atoms with Crippen LogP contribution in [0.25, 0.3) is 0 Å². The summed E-state index contributed by atoms with van der Waals surface area (Å²) in [5, 5.41) is 0. The van der Waals surface area contributed by atoms with Crippen LogP contribution in [0.1, 0.15) is 34.6 Å². The molecule has 6 nitrogen and oxygen atoms in total. The van der Waals surface area contributed by atoms with Gasteiger partial charge in [0.15, 0.2) is 0 Å². The molecule has 0 aromatic carbocycles. The summed E-state index contributed by atoms with van der Waals surface area (Å²) >= 11 is 0. The van der Waals surface area contributed by atoms with E-state index in [1.807, 2.05) is 0 Å². The molecule has 0 atom stereocenters. The monoisotopic (exact) mass is 279 g/mol. The van der Waals surface area contributed by atoms with Crippen molar-refractivity contribution in [2.24, 2.45) is 0 Å². The van der Waals surface area contributed by atoms with Gasteiger partial charge in [0, 0.05) is 18.8 Å². The Labute approximate surface area is 116 Å². The molecule has 0 aliphatic carbocycles. The fraction of sp³-hybridized carbons (Fsp3) is 0.357. The first kappa shape index (κ1) is 15.7. The Morgan fingerprint density at radius 2 is 1.75 bits per heavy atom. The minimum atomic E-state index is -0.724. The molecule has 0 saturated heterocycles. The predicted octanol–water partition coefficient (Wildman–Crippen LogP) is 1.39. The van der Waals surface area contributed by atoms with Crippen LogP contribution < -0.4 is 5.56 Å². The molecule has 0 amide bonds. The molecule has 1 heterocycles. The number of carbonyl (C=O) groups excluding carboxylic acids is 2. The van der Waals surface area contributed by atoms with E-state index >= 15 is 0 Å². The highest BCUT2D eigenvalue weighted by Crippen LogP contribution is 2.10. The Hall–Kier alpha value is -2.37. The van der Waals surface area contributed by atoms with Gasteiger partial charge in [0.2, 0.25) is 0 Å². The van der Waals surface area contributed by atoms with Crippen LogP contribution in [0.3, 0.4) is 0 Å². The Morgan fingerprint density at radius 1 is 1.20 bits per heavy atom. The fourth-order valence-electron chi connectivity index (χ4n) is 1.60. The van der Waals surface area contributed by atoms with Gasteiger partial charge in [-0.05, 0) is 13.8 Å². The van der Waals surface area contributed by atoms with Gasteiger partial charge in [0.25, 0.3) is 5.56 Å². The van der Waals surface area contributed by atoms with Gasteiger partial charge >= 0.3 is 11.9 Å². The second-order valence-electron chi connectivity index (χ2n) is 3.82. The standard InChI is InChI=1S/C14H17NO5/c1-4-7-15-9-11(14(18)20-6-3)10(8-12(15)16)13(17)19-5-2/h4,8-9H,1,5-7H2,2-3H3. The Bertz CT molecular complexity index is 573. The molecule has 20 heavy (non-hydrogen) atoms. The zero-order valence-corrected chi connectivity index (χ0v) is 11.5. The fourth-order valence-corrected chi connectivity index (χ4v) is 1.60. The van der Waals surface area contributed by atoms with Gasteiger partial charge in [-0.25, -0.2) is 9.59 Å². The summed E-state index contributed by atoms with van der Waals surface area (Å²) in [4.78, 5) is 35.5. The molecule has 0 N–H and O–H groups in total. The average Bonchev–Trinajstić information content (AvgIpc) is 2.41. The molecule has 0 unspecified atom stereocenters. The van der Waals surface area contributed by atoms with Gasteiger partial charge in [0.1, 0.15) is 0 Å². The van der Waals surface area contributed by atoms with Crippen LogP contribution in [-0.4, -0.2) is 29.7 Å². The van der Waals surface area contributed by atoms with Crippen molar-refractivity contribution in [2.75, 3.05) is 13.2 Å². The number of rotatable bonds is 6. The van der Waals surface area contributed by atoms with Crippen molar-refractivity contribution in [1.82, 2.24) is 4.57 Å². The smallest absolute Gasteiger partial charge is 0.340 e. The third kappa shape index (κ3) is 3.57. The lowest BCUT2D eigenvalue weighted by atomic mass is 10.1. The van der Waals surface area contributed by atoms with Crippen LogP contribution in [0.5, 0.6) is 0 Å². The number of aromatic nitrogens is 1. The first-order valence-corrected chi connectivity index (χ1v) is 6.24. The topological polar surface area (TPSA) is 74.6 Å². The van der Waals surface area contributed by atoms with Crippen LogP contribution in [0.15, 0.2) is 29.7 Å². The lowest BCUT2D eigenvalue weighted by molar-refractivity contribution is 0.0477. The maximum absolute atomic E-state index is 11.9. The van der Waals surface area contributed by atoms with Gasteiger partial charge in [0.05, 0.1) is 24.3 Å². The lowest BCUT2D eigenvalue weighted by Gasteiger charge is -2.10. The second-order valence-corrected chi connectivity index (χ2v) is 3.82. The molecule has 1 rings (SSSR count). The molecular weight excluding hydrogens is 262 g/mol. The minimum Gasteiger partial charge on any atom is -0.462 e. The van der Waals surface area contributed by atoms with Crippen molar-refractivity contribution in [3.63, 3.8) is 0 Å².